The monoisotopic (exact) mass is 289 g/mol. The van der Waals surface area contributed by atoms with Gasteiger partial charge in [0.25, 0.3) is 0 Å². The molecule has 3 aromatic rings. The number of thiazole rings is 1. The van der Waals surface area contributed by atoms with Crippen LogP contribution in [0, 0.1) is 0 Å². The molecular weight excluding hydrogens is 274 g/mol. The van der Waals surface area contributed by atoms with E-state index < -0.39 is 0 Å². The van der Waals surface area contributed by atoms with Gasteiger partial charge in [0.15, 0.2) is 5.13 Å². The molecule has 1 unspecified atom stereocenters. The Morgan fingerprint density at radius 2 is 2.35 bits per heavy atom. The van der Waals surface area contributed by atoms with Gasteiger partial charge in [-0.1, -0.05) is 11.3 Å². The number of ether oxygens (including phenoxy) is 1. The van der Waals surface area contributed by atoms with Crippen LogP contribution >= 0.6 is 11.3 Å². The quantitative estimate of drug-likeness (QED) is 0.755. The summed E-state index contributed by atoms with van der Waals surface area (Å²) in [6.45, 7) is 4.65. The van der Waals surface area contributed by atoms with E-state index in [1.807, 2.05) is 32.0 Å². The molecule has 1 aromatic carbocycles. The zero-order valence-electron chi connectivity index (χ0n) is 11.3. The third-order valence-corrected chi connectivity index (χ3v) is 3.80. The highest BCUT2D eigenvalue weighted by Gasteiger charge is 2.11. The van der Waals surface area contributed by atoms with E-state index in [0.29, 0.717) is 6.61 Å². The number of nitrogens with one attached hydrogen (secondary N) is 2. The lowest BCUT2D eigenvalue weighted by Crippen LogP contribution is -2.07. The Morgan fingerprint density at radius 1 is 1.45 bits per heavy atom. The number of benzene rings is 1. The molecule has 6 nitrogen and oxygen atoms in total. The summed E-state index contributed by atoms with van der Waals surface area (Å²) < 4.78 is 6.60. The molecule has 1 atom stereocenters. The lowest BCUT2D eigenvalue weighted by atomic mass is 10.3. The fourth-order valence-electron chi connectivity index (χ4n) is 1.90. The van der Waals surface area contributed by atoms with E-state index in [1.165, 1.54) is 6.33 Å². The highest BCUT2D eigenvalue weighted by atomic mass is 32.1. The number of rotatable bonds is 5. The Hall–Kier alpha value is -2.15. The van der Waals surface area contributed by atoms with Crippen molar-refractivity contribution in [1.82, 2.24) is 20.2 Å². The Morgan fingerprint density at radius 3 is 3.10 bits per heavy atom. The maximum Gasteiger partial charge on any atom is 0.184 e. The molecule has 0 aliphatic heterocycles. The molecule has 20 heavy (non-hydrogen) atoms. The van der Waals surface area contributed by atoms with Gasteiger partial charge in [-0.3, -0.25) is 5.10 Å². The van der Waals surface area contributed by atoms with E-state index in [0.717, 1.165) is 26.9 Å². The molecular formula is C13H15N5OS. The number of nitrogens with zero attached hydrogens (tertiary/aromatic N) is 3. The number of H-pyrrole nitrogens is 1. The Labute approximate surface area is 120 Å². The normalized spacial score (nSPS) is 12.5. The van der Waals surface area contributed by atoms with Gasteiger partial charge < -0.3 is 10.1 Å². The van der Waals surface area contributed by atoms with Crippen molar-refractivity contribution in [1.29, 1.82) is 0 Å². The molecule has 0 radical (unpaired) electrons. The van der Waals surface area contributed by atoms with Gasteiger partial charge in [0.2, 0.25) is 0 Å². The second kappa shape index (κ2) is 5.46. The van der Waals surface area contributed by atoms with E-state index in [2.05, 4.69) is 25.5 Å². The third-order valence-electron chi connectivity index (χ3n) is 2.85. The molecule has 0 saturated heterocycles. The topological polar surface area (TPSA) is 75.7 Å². The first-order valence-electron chi connectivity index (χ1n) is 6.41. The van der Waals surface area contributed by atoms with Crippen molar-refractivity contribution < 1.29 is 4.74 Å². The first-order valence-corrected chi connectivity index (χ1v) is 7.23. The van der Waals surface area contributed by atoms with E-state index in [9.17, 15) is 0 Å². The van der Waals surface area contributed by atoms with Crippen LogP contribution in [0.15, 0.2) is 24.5 Å². The molecule has 0 saturated carbocycles. The van der Waals surface area contributed by atoms with Gasteiger partial charge in [-0.05, 0) is 32.0 Å². The van der Waals surface area contributed by atoms with Crippen molar-refractivity contribution in [3.8, 4) is 5.75 Å². The van der Waals surface area contributed by atoms with Crippen molar-refractivity contribution >= 4 is 26.7 Å². The van der Waals surface area contributed by atoms with Gasteiger partial charge in [0, 0.05) is 0 Å². The number of hydrogen-bond acceptors (Lipinski definition) is 6. The third kappa shape index (κ3) is 2.57. The maximum atomic E-state index is 5.50. The second-order valence-corrected chi connectivity index (χ2v) is 5.35. The van der Waals surface area contributed by atoms with Crippen LogP contribution in [0.4, 0.5) is 5.13 Å². The molecule has 7 heteroatoms. The lowest BCUT2D eigenvalue weighted by molar-refractivity contribution is 0.341. The first-order chi connectivity index (χ1) is 9.76. The summed E-state index contributed by atoms with van der Waals surface area (Å²) in [5, 5.41) is 10.9. The molecule has 2 heterocycles. The summed E-state index contributed by atoms with van der Waals surface area (Å²) in [7, 11) is 0. The minimum atomic E-state index is 0.0319. The van der Waals surface area contributed by atoms with E-state index in [1.54, 1.807) is 11.3 Å². The van der Waals surface area contributed by atoms with Crippen LogP contribution in [0.3, 0.4) is 0 Å². The number of hydrogen-bond donors (Lipinski definition) is 2. The standard InChI is InChI=1S/C13H15N5OS/c1-3-19-9-4-5-10-11(6-9)20-13(17-10)16-8(2)12-14-7-15-18-12/h4-8H,3H2,1-2H3,(H,16,17)(H,14,15,18). The zero-order chi connectivity index (χ0) is 13.9. The van der Waals surface area contributed by atoms with E-state index >= 15 is 0 Å². The highest BCUT2D eigenvalue weighted by Crippen LogP contribution is 2.30. The predicted molar refractivity (Wildman–Crippen MR) is 79.2 cm³/mol. The molecule has 0 amide bonds. The number of fused-ring (bicyclic) bond motifs is 1. The summed E-state index contributed by atoms with van der Waals surface area (Å²) in [4.78, 5) is 8.69. The number of aromatic nitrogens is 4. The van der Waals surface area contributed by atoms with Gasteiger partial charge in [0.05, 0.1) is 22.9 Å². The van der Waals surface area contributed by atoms with Gasteiger partial charge in [-0.25, -0.2) is 9.97 Å². The predicted octanol–water partition coefficient (Wildman–Crippen LogP) is 2.99. The average Bonchev–Trinajstić information content (AvgIpc) is 3.06. The summed E-state index contributed by atoms with van der Waals surface area (Å²) in [6, 6.07) is 5.96. The molecule has 104 valence electrons. The van der Waals surface area contributed by atoms with Crippen molar-refractivity contribution in [2.24, 2.45) is 0 Å². The minimum Gasteiger partial charge on any atom is -0.494 e. The van der Waals surface area contributed by atoms with E-state index in [-0.39, 0.29) is 6.04 Å². The SMILES string of the molecule is CCOc1ccc2nc(NC(C)c3ncn[nH]3)sc2c1. The van der Waals surface area contributed by atoms with Gasteiger partial charge >= 0.3 is 0 Å². The van der Waals surface area contributed by atoms with Gasteiger partial charge in [0.1, 0.15) is 17.9 Å². The molecule has 0 spiro atoms. The second-order valence-electron chi connectivity index (χ2n) is 4.32. The fourth-order valence-corrected chi connectivity index (χ4v) is 2.88. The summed E-state index contributed by atoms with van der Waals surface area (Å²) in [5.41, 5.74) is 0.964. The number of anilines is 1. The molecule has 0 aliphatic rings. The smallest absolute Gasteiger partial charge is 0.184 e. The van der Waals surface area contributed by atoms with Crippen molar-refractivity contribution in [3.63, 3.8) is 0 Å². The van der Waals surface area contributed by atoms with Crippen LogP contribution in [0.25, 0.3) is 10.2 Å². The Balaban J connectivity index is 1.82. The molecule has 0 bridgehead atoms. The molecule has 0 aliphatic carbocycles. The first kappa shape index (κ1) is 12.9. The molecule has 0 fully saturated rings. The van der Waals surface area contributed by atoms with Crippen molar-refractivity contribution in [2.45, 2.75) is 19.9 Å². The van der Waals surface area contributed by atoms with Crippen LogP contribution in [0.2, 0.25) is 0 Å². The van der Waals surface area contributed by atoms with Crippen LogP contribution in [-0.4, -0.2) is 26.8 Å². The summed E-state index contributed by atoms with van der Waals surface area (Å²) in [6.07, 6.45) is 1.50. The zero-order valence-corrected chi connectivity index (χ0v) is 12.1. The highest BCUT2D eigenvalue weighted by molar-refractivity contribution is 7.22. The number of aromatic amines is 1. The van der Waals surface area contributed by atoms with Crippen molar-refractivity contribution in [3.05, 3.63) is 30.4 Å². The van der Waals surface area contributed by atoms with Gasteiger partial charge in [-0.15, -0.1) is 0 Å². The Bertz CT molecular complexity index is 694. The van der Waals surface area contributed by atoms with Crippen LogP contribution in [0.1, 0.15) is 25.7 Å². The van der Waals surface area contributed by atoms with Crippen LogP contribution in [0.5, 0.6) is 5.75 Å². The maximum absolute atomic E-state index is 5.50. The molecule has 2 N–H and O–H groups in total. The Kier molecular flexibility index (Phi) is 3.51. The fraction of sp³-hybridized carbons (Fsp3) is 0.308. The van der Waals surface area contributed by atoms with Crippen LogP contribution < -0.4 is 10.1 Å². The summed E-state index contributed by atoms with van der Waals surface area (Å²) in [5.74, 6) is 1.66. The average molecular weight is 289 g/mol. The molecule has 3 rings (SSSR count). The van der Waals surface area contributed by atoms with E-state index in [4.69, 9.17) is 4.74 Å². The van der Waals surface area contributed by atoms with Crippen LogP contribution in [-0.2, 0) is 0 Å². The molecule has 2 aromatic heterocycles. The largest absolute Gasteiger partial charge is 0.494 e. The lowest BCUT2D eigenvalue weighted by Gasteiger charge is -2.08. The summed E-state index contributed by atoms with van der Waals surface area (Å²) >= 11 is 1.60. The minimum absolute atomic E-state index is 0.0319. The van der Waals surface area contributed by atoms with Crippen molar-refractivity contribution in [2.75, 3.05) is 11.9 Å². The van der Waals surface area contributed by atoms with Gasteiger partial charge in [-0.2, -0.15) is 5.10 Å².